The highest BCUT2D eigenvalue weighted by molar-refractivity contribution is 5.23. The highest BCUT2D eigenvalue weighted by atomic mass is 14.9. The van der Waals surface area contributed by atoms with Crippen LogP contribution in [0, 0.1) is 5.92 Å². The van der Waals surface area contributed by atoms with Crippen LogP contribution in [0.2, 0.25) is 0 Å². The van der Waals surface area contributed by atoms with Gasteiger partial charge in [-0.3, -0.25) is 0 Å². The summed E-state index contributed by atoms with van der Waals surface area (Å²) >= 11 is 0. The Labute approximate surface area is 119 Å². The summed E-state index contributed by atoms with van der Waals surface area (Å²) in [6, 6.07) is 10.8. The Kier molecular flexibility index (Phi) is 7.11. The maximum Gasteiger partial charge on any atom is 0.00768 e. The summed E-state index contributed by atoms with van der Waals surface area (Å²) in [7, 11) is 0. The second-order valence-corrected chi connectivity index (χ2v) is 6.35. The summed E-state index contributed by atoms with van der Waals surface area (Å²) in [5.74, 6) is 0.733. The molecule has 0 aliphatic heterocycles. The summed E-state index contributed by atoms with van der Waals surface area (Å²) in [6.07, 6.45) is 1.17. The van der Waals surface area contributed by atoms with E-state index in [1.807, 2.05) is 0 Å². The predicted molar refractivity (Wildman–Crippen MR) is 84.7 cm³/mol. The van der Waals surface area contributed by atoms with E-state index in [9.17, 15) is 0 Å². The van der Waals surface area contributed by atoms with Gasteiger partial charge in [0, 0.05) is 13.1 Å². The number of hydrogen-bond acceptors (Lipinski definition) is 2. The Hall–Kier alpha value is -0.860. The molecule has 2 heteroatoms. The Balaban J connectivity index is 2.15. The van der Waals surface area contributed by atoms with Crippen molar-refractivity contribution >= 4 is 0 Å². The molecule has 2 N–H and O–H groups in total. The first-order chi connectivity index (χ1) is 9.02. The van der Waals surface area contributed by atoms with Gasteiger partial charge in [0.1, 0.15) is 0 Å². The van der Waals surface area contributed by atoms with Crippen LogP contribution >= 0.6 is 0 Å². The zero-order valence-electron chi connectivity index (χ0n) is 13.0. The maximum absolute atomic E-state index is 3.52. The van der Waals surface area contributed by atoms with Crippen molar-refractivity contribution < 1.29 is 0 Å². The molecule has 1 aromatic rings. The fourth-order valence-electron chi connectivity index (χ4n) is 2.13. The molecular formula is C17H30N2. The molecule has 0 saturated heterocycles. The van der Waals surface area contributed by atoms with Gasteiger partial charge in [-0.25, -0.2) is 0 Å². The van der Waals surface area contributed by atoms with Crippen molar-refractivity contribution in [1.29, 1.82) is 0 Å². The summed E-state index contributed by atoms with van der Waals surface area (Å²) in [5, 5.41) is 6.97. The third-order valence-corrected chi connectivity index (χ3v) is 3.51. The van der Waals surface area contributed by atoms with Gasteiger partial charge in [-0.05, 0) is 36.4 Å². The van der Waals surface area contributed by atoms with Crippen LogP contribution in [0.5, 0.6) is 0 Å². The highest BCUT2D eigenvalue weighted by Crippen LogP contribution is 2.25. The largest absolute Gasteiger partial charge is 0.315 e. The normalized spacial score (nSPS) is 12.1. The van der Waals surface area contributed by atoms with E-state index in [2.05, 4.69) is 68.7 Å². The first-order valence-electron chi connectivity index (χ1n) is 7.49. The molecule has 1 aromatic carbocycles. The topological polar surface area (TPSA) is 24.1 Å². The van der Waals surface area contributed by atoms with Crippen LogP contribution in [0.4, 0.5) is 0 Å². The van der Waals surface area contributed by atoms with E-state index in [-0.39, 0.29) is 5.41 Å². The Morgan fingerprint density at radius 1 is 0.947 bits per heavy atom. The third kappa shape index (κ3) is 6.74. The van der Waals surface area contributed by atoms with E-state index in [0.717, 1.165) is 32.1 Å². The molecular weight excluding hydrogens is 232 g/mol. The van der Waals surface area contributed by atoms with Crippen molar-refractivity contribution in [3.05, 3.63) is 35.9 Å². The predicted octanol–water partition coefficient (Wildman–Crippen LogP) is 3.19. The van der Waals surface area contributed by atoms with Crippen molar-refractivity contribution in [2.24, 2.45) is 5.92 Å². The smallest absolute Gasteiger partial charge is 0.00768 e. The van der Waals surface area contributed by atoms with Gasteiger partial charge in [-0.2, -0.15) is 0 Å². The van der Waals surface area contributed by atoms with Crippen molar-refractivity contribution in [2.75, 3.05) is 26.2 Å². The maximum atomic E-state index is 3.52. The lowest BCUT2D eigenvalue weighted by Crippen LogP contribution is -2.32. The molecule has 19 heavy (non-hydrogen) atoms. The summed E-state index contributed by atoms with van der Waals surface area (Å²) in [5.41, 5.74) is 1.68. The number of nitrogens with one attached hydrogen (secondary N) is 2. The molecule has 0 spiro atoms. The van der Waals surface area contributed by atoms with Gasteiger partial charge >= 0.3 is 0 Å². The van der Waals surface area contributed by atoms with Gasteiger partial charge in [0.25, 0.3) is 0 Å². The second kappa shape index (κ2) is 8.34. The van der Waals surface area contributed by atoms with Crippen molar-refractivity contribution in [2.45, 2.75) is 39.5 Å². The Morgan fingerprint density at radius 2 is 1.58 bits per heavy atom. The molecule has 0 fully saturated rings. The van der Waals surface area contributed by atoms with E-state index in [0.29, 0.717) is 0 Å². The summed E-state index contributed by atoms with van der Waals surface area (Å²) < 4.78 is 0. The minimum absolute atomic E-state index is 0.250. The average Bonchev–Trinajstić information content (AvgIpc) is 2.38. The molecule has 2 nitrogen and oxygen atoms in total. The number of hydrogen-bond donors (Lipinski definition) is 2. The molecule has 108 valence electrons. The molecule has 0 bridgehead atoms. The zero-order valence-corrected chi connectivity index (χ0v) is 13.0. The molecule has 0 atom stereocenters. The van der Waals surface area contributed by atoms with Gasteiger partial charge in [0.15, 0.2) is 0 Å². The first kappa shape index (κ1) is 16.2. The molecule has 0 aliphatic rings. The molecule has 0 aromatic heterocycles. The molecule has 0 saturated carbocycles. The lowest BCUT2D eigenvalue weighted by Gasteiger charge is -2.25. The van der Waals surface area contributed by atoms with Crippen LogP contribution in [0.3, 0.4) is 0 Å². The fourth-order valence-corrected chi connectivity index (χ4v) is 2.13. The number of benzene rings is 1. The Morgan fingerprint density at radius 3 is 2.21 bits per heavy atom. The summed E-state index contributed by atoms with van der Waals surface area (Å²) in [4.78, 5) is 0. The van der Waals surface area contributed by atoms with Crippen molar-refractivity contribution in [1.82, 2.24) is 10.6 Å². The standard InChI is InChI=1S/C17H30N2/c1-15(2)14-19-13-12-18-11-10-17(3,4)16-8-6-5-7-9-16/h5-9,15,18-19H,10-14H2,1-4H3. The molecule has 0 amide bonds. The van der Waals surface area contributed by atoms with E-state index in [1.54, 1.807) is 0 Å². The van der Waals surface area contributed by atoms with Crippen LogP contribution in [-0.4, -0.2) is 26.2 Å². The SMILES string of the molecule is CC(C)CNCCNCCC(C)(C)c1ccccc1. The molecule has 0 unspecified atom stereocenters. The van der Waals surface area contributed by atoms with Gasteiger partial charge in [-0.15, -0.1) is 0 Å². The minimum Gasteiger partial charge on any atom is -0.315 e. The number of rotatable bonds is 9. The van der Waals surface area contributed by atoms with Gasteiger partial charge < -0.3 is 10.6 Å². The molecule has 1 rings (SSSR count). The fraction of sp³-hybridized carbons (Fsp3) is 0.647. The second-order valence-electron chi connectivity index (χ2n) is 6.35. The lowest BCUT2D eigenvalue weighted by atomic mass is 9.81. The van der Waals surface area contributed by atoms with Gasteiger partial charge in [-0.1, -0.05) is 58.0 Å². The zero-order chi connectivity index (χ0) is 14.1. The molecule has 0 radical (unpaired) electrons. The first-order valence-corrected chi connectivity index (χ1v) is 7.49. The summed E-state index contributed by atoms with van der Waals surface area (Å²) in [6.45, 7) is 13.4. The van der Waals surface area contributed by atoms with Crippen LogP contribution in [0.1, 0.15) is 39.7 Å². The third-order valence-electron chi connectivity index (χ3n) is 3.51. The van der Waals surface area contributed by atoms with Crippen LogP contribution in [0.15, 0.2) is 30.3 Å². The highest BCUT2D eigenvalue weighted by Gasteiger charge is 2.19. The molecule has 0 heterocycles. The minimum atomic E-state index is 0.250. The quantitative estimate of drug-likeness (QED) is 0.668. The van der Waals surface area contributed by atoms with Crippen LogP contribution in [-0.2, 0) is 5.41 Å². The van der Waals surface area contributed by atoms with Gasteiger partial charge in [0.2, 0.25) is 0 Å². The van der Waals surface area contributed by atoms with E-state index in [4.69, 9.17) is 0 Å². The Bertz CT molecular complexity index is 330. The lowest BCUT2D eigenvalue weighted by molar-refractivity contribution is 0.452. The van der Waals surface area contributed by atoms with Crippen LogP contribution < -0.4 is 10.6 Å². The van der Waals surface area contributed by atoms with Crippen molar-refractivity contribution in [3.63, 3.8) is 0 Å². The molecule has 0 aliphatic carbocycles. The monoisotopic (exact) mass is 262 g/mol. The van der Waals surface area contributed by atoms with Crippen molar-refractivity contribution in [3.8, 4) is 0 Å². The average molecular weight is 262 g/mol. The van der Waals surface area contributed by atoms with E-state index < -0.39 is 0 Å². The van der Waals surface area contributed by atoms with Gasteiger partial charge in [0.05, 0.1) is 0 Å². The van der Waals surface area contributed by atoms with Crippen LogP contribution in [0.25, 0.3) is 0 Å². The van der Waals surface area contributed by atoms with E-state index in [1.165, 1.54) is 12.0 Å². The van der Waals surface area contributed by atoms with E-state index >= 15 is 0 Å².